The summed E-state index contributed by atoms with van der Waals surface area (Å²) in [5, 5.41) is 31.7. The Morgan fingerprint density at radius 1 is 1.37 bits per heavy atom. The van der Waals surface area contributed by atoms with Gasteiger partial charge in [0.2, 0.25) is 4.77 Å². The molecular formula is C10H12N4O4S. The van der Waals surface area contributed by atoms with Gasteiger partial charge in [-0.25, -0.2) is 14.5 Å². The molecule has 9 heteroatoms. The number of fused-ring (bicyclic) bond motifs is 1. The highest BCUT2D eigenvalue weighted by molar-refractivity contribution is 7.71. The second kappa shape index (κ2) is 4.62. The zero-order valence-electron chi connectivity index (χ0n) is 9.67. The van der Waals surface area contributed by atoms with E-state index in [9.17, 15) is 10.2 Å². The molecule has 1 aliphatic heterocycles. The first-order chi connectivity index (χ1) is 9.13. The first-order valence-corrected chi connectivity index (χ1v) is 6.08. The first-order valence-electron chi connectivity index (χ1n) is 5.67. The molecule has 0 aliphatic carbocycles. The molecule has 1 aliphatic rings. The highest BCUT2D eigenvalue weighted by atomic mass is 32.1. The zero-order valence-corrected chi connectivity index (χ0v) is 10.5. The molecule has 0 unspecified atom stereocenters. The summed E-state index contributed by atoms with van der Waals surface area (Å²) in [6.07, 6.45) is -0.983. The van der Waals surface area contributed by atoms with Gasteiger partial charge in [0.05, 0.1) is 6.61 Å². The number of hydrogen-bond donors (Lipinski definition) is 4. The number of ether oxygens (including phenoxy) is 1. The molecule has 2 aromatic heterocycles. The summed E-state index contributed by atoms with van der Waals surface area (Å²) >= 11 is 5.03. The van der Waals surface area contributed by atoms with Crippen LogP contribution in [0.5, 0.6) is 0 Å². The van der Waals surface area contributed by atoms with Crippen molar-refractivity contribution >= 4 is 17.9 Å². The van der Waals surface area contributed by atoms with Gasteiger partial charge in [0.1, 0.15) is 30.7 Å². The van der Waals surface area contributed by atoms with E-state index in [4.69, 9.17) is 22.1 Å². The van der Waals surface area contributed by atoms with E-state index in [2.05, 4.69) is 15.1 Å². The smallest absolute Gasteiger partial charge is 0.222 e. The highest BCUT2D eigenvalue weighted by Gasteiger charge is 2.44. The molecule has 0 aromatic carbocycles. The van der Waals surface area contributed by atoms with E-state index in [-0.39, 0.29) is 6.61 Å². The van der Waals surface area contributed by atoms with Crippen LogP contribution in [0.25, 0.3) is 5.65 Å². The molecule has 8 nitrogen and oxygen atoms in total. The third kappa shape index (κ3) is 1.86. The maximum Gasteiger partial charge on any atom is 0.222 e. The number of rotatable bonds is 2. The lowest BCUT2D eigenvalue weighted by Crippen LogP contribution is -2.32. The van der Waals surface area contributed by atoms with Crippen LogP contribution in [0.3, 0.4) is 0 Å². The van der Waals surface area contributed by atoms with Gasteiger partial charge in [0.15, 0.2) is 5.65 Å². The Bertz CT molecular complexity index is 656. The maximum atomic E-state index is 9.98. The van der Waals surface area contributed by atoms with E-state index in [1.165, 1.54) is 10.8 Å². The van der Waals surface area contributed by atoms with Gasteiger partial charge in [-0.2, -0.15) is 0 Å². The molecule has 1 saturated heterocycles. The van der Waals surface area contributed by atoms with Crippen LogP contribution in [0.15, 0.2) is 12.5 Å². The largest absolute Gasteiger partial charge is 0.394 e. The fourth-order valence-corrected chi connectivity index (χ4v) is 2.41. The molecule has 1 fully saturated rings. The van der Waals surface area contributed by atoms with Crippen molar-refractivity contribution in [1.29, 1.82) is 0 Å². The number of H-pyrrole nitrogens is 1. The predicted octanol–water partition coefficient (Wildman–Crippen LogP) is -1.06. The van der Waals surface area contributed by atoms with Crippen molar-refractivity contribution in [3.8, 4) is 0 Å². The van der Waals surface area contributed by atoms with E-state index >= 15 is 0 Å². The Labute approximate surface area is 112 Å². The summed E-state index contributed by atoms with van der Waals surface area (Å²) < 4.78 is 7.22. The Morgan fingerprint density at radius 2 is 2.16 bits per heavy atom. The van der Waals surface area contributed by atoms with Crippen molar-refractivity contribution in [2.24, 2.45) is 0 Å². The molecule has 2 aromatic rings. The monoisotopic (exact) mass is 284 g/mol. The van der Waals surface area contributed by atoms with Gasteiger partial charge in [-0.3, -0.25) is 5.10 Å². The average molecular weight is 284 g/mol. The van der Waals surface area contributed by atoms with Gasteiger partial charge < -0.3 is 20.1 Å². The molecule has 0 spiro atoms. The minimum atomic E-state index is -1.14. The summed E-state index contributed by atoms with van der Waals surface area (Å²) in [6, 6.07) is 0. The van der Waals surface area contributed by atoms with Crippen molar-refractivity contribution < 1.29 is 20.1 Å². The van der Waals surface area contributed by atoms with Gasteiger partial charge in [-0.05, 0) is 12.2 Å². The summed E-state index contributed by atoms with van der Waals surface area (Å²) in [5.41, 5.74) is 1.02. The third-order valence-corrected chi connectivity index (χ3v) is 3.50. The summed E-state index contributed by atoms with van der Waals surface area (Å²) in [6.45, 7) is -0.370. The Balaban J connectivity index is 2.06. The van der Waals surface area contributed by atoms with Crippen LogP contribution in [0.1, 0.15) is 11.7 Å². The fourth-order valence-electron chi connectivity index (χ4n) is 2.22. The number of nitrogens with one attached hydrogen (secondary N) is 1. The Hall–Kier alpha value is -1.39. The van der Waals surface area contributed by atoms with Crippen molar-refractivity contribution in [2.45, 2.75) is 24.4 Å². The molecule has 0 radical (unpaired) electrons. The van der Waals surface area contributed by atoms with Crippen molar-refractivity contribution in [3.05, 3.63) is 22.9 Å². The molecule has 4 N–H and O–H groups in total. The number of aliphatic hydroxyl groups excluding tert-OH is 3. The zero-order chi connectivity index (χ0) is 13.6. The van der Waals surface area contributed by atoms with Crippen molar-refractivity contribution in [3.63, 3.8) is 0 Å². The Morgan fingerprint density at radius 3 is 2.84 bits per heavy atom. The molecule has 0 bridgehead atoms. The van der Waals surface area contributed by atoms with Crippen molar-refractivity contribution in [1.82, 2.24) is 19.6 Å². The molecule has 3 rings (SSSR count). The number of nitrogens with zero attached hydrogens (tertiary/aromatic N) is 3. The van der Waals surface area contributed by atoms with Crippen LogP contribution >= 0.6 is 12.2 Å². The number of aromatic nitrogens is 4. The van der Waals surface area contributed by atoms with Crippen LogP contribution in [-0.2, 0) is 4.74 Å². The van der Waals surface area contributed by atoms with Gasteiger partial charge in [0, 0.05) is 11.8 Å². The summed E-state index contributed by atoms with van der Waals surface area (Å²) in [5.74, 6) is 0. The lowest BCUT2D eigenvalue weighted by molar-refractivity contribution is -0.0224. The maximum absolute atomic E-state index is 9.98. The van der Waals surface area contributed by atoms with E-state index < -0.39 is 24.4 Å². The second-order valence-corrected chi connectivity index (χ2v) is 4.67. The molecule has 0 amide bonds. The minimum absolute atomic E-state index is 0.294. The fraction of sp³-hybridized carbons (Fsp3) is 0.500. The van der Waals surface area contributed by atoms with E-state index in [1.54, 1.807) is 6.20 Å². The SMILES string of the molecule is OC[C@H]1O[C@@H](c2c[nH]n3c(=S)ncnc23)[C@H](O)[C@@H]1O. The van der Waals surface area contributed by atoms with E-state index in [0.29, 0.717) is 16.0 Å². The Kier molecular flexibility index (Phi) is 3.07. The second-order valence-electron chi connectivity index (χ2n) is 4.30. The van der Waals surface area contributed by atoms with Crippen molar-refractivity contribution in [2.75, 3.05) is 6.61 Å². The number of aromatic amines is 1. The predicted molar refractivity (Wildman–Crippen MR) is 64.9 cm³/mol. The molecule has 4 atom stereocenters. The van der Waals surface area contributed by atoms with Crippen LogP contribution in [0.4, 0.5) is 0 Å². The summed E-state index contributed by atoms with van der Waals surface area (Å²) in [7, 11) is 0. The molecule has 0 saturated carbocycles. The lowest BCUT2D eigenvalue weighted by atomic mass is 10.0. The number of aliphatic hydroxyl groups is 3. The van der Waals surface area contributed by atoms with Crippen LogP contribution in [-0.4, -0.2) is 59.8 Å². The average Bonchev–Trinajstić information content (AvgIpc) is 2.94. The van der Waals surface area contributed by atoms with Gasteiger partial charge in [-0.15, -0.1) is 0 Å². The van der Waals surface area contributed by atoms with Gasteiger partial charge in [-0.1, -0.05) is 0 Å². The number of hydrogen-bond acceptors (Lipinski definition) is 7. The van der Waals surface area contributed by atoms with Gasteiger partial charge >= 0.3 is 0 Å². The third-order valence-electron chi connectivity index (χ3n) is 3.21. The van der Waals surface area contributed by atoms with E-state index in [0.717, 1.165) is 0 Å². The highest BCUT2D eigenvalue weighted by Crippen LogP contribution is 2.34. The quantitative estimate of drug-likeness (QED) is 0.519. The van der Waals surface area contributed by atoms with E-state index in [1.807, 2.05) is 0 Å². The van der Waals surface area contributed by atoms with Crippen LogP contribution < -0.4 is 0 Å². The topological polar surface area (TPSA) is 116 Å². The van der Waals surface area contributed by atoms with Gasteiger partial charge in [0.25, 0.3) is 0 Å². The standard InChI is InChI=1S/C10H12N4O4S/c15-2-5-6(16)7(17)8(18-5)4-1-13-14-9(4)11-3-12-10(14)19/h1,3,5-8,13,15-17H,2H2/t5-,6-,7-,8+/m1/s1. The summed E-state index contributed by atoms with van der Waals surface area (Å²) in [4.78, 5) is 7.93. The molecule has 3 heterocycles. The minimum Gasteiger partial charge on any atom is -0.394 e. The van der Waals surface area contributed by atoms with Crippen LogP contribution in [0.2, 0.25) is 0 Å². The van der Waals surface area contributed by atoms with Crippen LogP contribution in [0, 0.1) is 4.77 Å². The lowest BCUT2D eigenvalue weighted by Gasteiger charge is -2.12. The molecule has 102 valence electrons. The molecule has 19 heavy (non-hydrogen) atoms. The first kappa shape index (κ1) is 12.6. The normalized spacial score (nSPS) is 31.1. The molecular weight excluding hydrogens is 272 g/mol.